The van der Waals surface area contributed by atoms with Gasteiger partial charge in [-0.25, -0.2) is 4.39 Å². The summed E-state index contributed by atoms with van der Waals surface area (Å²) in [5.74, 6) is -0.932. The van der Waals surface area contributed by atoms with Gasteiger partial charge in [0.15, 0.2) is 0 Å². The average Bonchev–Trinajstić information content (AvgIpc) is 3.39. The third-order valence-electron chi connectivity index (χ3n) is 4.16. The Morgan fingerprint density at radius 3 is 2.41 bits per heavy atom. The quantitative estimate of drug-likeness (QED) is 0.892. The highest BCUT2D eigenvalue weighted by Gasteiger charge is 2.45. The van der Waals surface area contributed by atoms with Gasteiger partial charge in [0, 0.05) is 0 Å². The van der Waals surface area contributed by atoms with Crippen molar-refractivity contribution < 1.29 is 14.3 Å². The van der Waals surface area contributed by atoms with Gasteiger partial charge in [0.05, 0.1) is 12.1 Å². The Labute approximate surface area is 128 Å². The van der Waals surface area contributed by atoms with E-state index in [0.717, 1.165) is 18.4 Å². The van der Waals surface area contributed by atoms with Crippen LogP contribution in [0.3, 0.4) is 0 Å². The second kappa shape index (κ2) is 5.89. The number of benzene rings is 2. The molecule has 1 unspecified atom stereocenters. The zero-order valence-electron chi connectivity index (χ0n) is 12.1. The topological polar surface area (TPSA) is 49.3 Å². The summed E-state index contributed by atoms with van der Waals surface area (Å²) in [5, 5.41) is 13.7. The average molecular weight is 299 g/mol. The lowest BCUT2D eigenvalue weighted by Crippen LogP contribution is -2.42. The molecule has 4 heteroatoms. The van der Waals surface area contributed by atoms with Crippen LogP contribution in [-0.4, -0.2) is 17.6 Å². The molecule has 0 spiro atoms. The van der Waals surface area contributed by atoms with Gasteiger partial charge in [0.2, 0.25) is 0 Å². The van der Waals surface area contributed by atoms with Gasteiger partial charge in [-0.1, -0.05) is 42.5 Å². The molecule has 3 nitrogen and oxygen atoms in total. The second-order valence-corrected chi connectivity index (χ2v) is 5.73. The van der Waals surface area contributed by atoms with Gasteiger partial charge < -0.3 is 10.4 Å². The fourth-order valence-corrected chi connectivity index (χ4v) is 2.73. The summed E-state index contributed by atoms with van der Waals surface area (Å²) >= 11 is 0. The summed E-state index contributed by atoms with van der Waals surface area (Å²) in [5.41, 5.74) is -0.317. The molecule has 0 bridgehead atoms. The number of halogens is 1. The predicted molar refractivity (Wildman–Crippen MR) is 81.8 cm³/mol. The molecule has 1 atom stereocenters. The van der Waals surface area contributed by atoms with Crippen LogP contribution in [-0.2, 0) is 5.60 Å². The third kappa shape index (κ3) is 2.88. The van der Waals surface area contributed by atoms with E-state index in [1.807, 2.05) is 30.3 Å². The van der Waals surface area contributed by atoms with Crippen LogP contribution in [0.25, 0.3) is 0 Å². The summed E-state index contributed by atoms with van der Waals surface area (Å²) in [4.78, 5) is 12.1. The van der Waals surface area contributed by atoms with Crippen LogP contribution >= 0.6 is 0 Å². The van der Waals surface area contributed by atoms with Crippen molar-refractivity contribution in [2.45, 2.75) is 18.4 Å². The van der Waals surface area contributed by atoms with Crippen molar-refractivity contribution in [3.63, 3.8) is 0 Å². The lowest BCUT2D eigenvalue weighted by molar-refractivity contribution is 0.0134. The Kier molecular flexibility index (Phi) is 3.94. The van der Waals surface area contributed by atoms with E-state index in [2.05, 4.69) is 5.32 Å². The van der Waals surface area contributed by atoms with Crippen molar-refractivity contribution in [1.29, 1.82) is 0 Å². The van der Waals surface area contributed by atoms with Gasteiger partial charge in [-0.3, -0.25) is 4.79 Å². The molecule has 2 N–H and O–H groups in total. The van der Waals surface area contributed by atoms with Gasteiger partial charge in [0.1, 0.15) is 11.4 Å². The van der Waals surface area contributed by atoms with Crippen LogP contribution in [0.15, 0.2) is 54.6 Å². The number of nitrogens with one attached hydrogen (secondary N) is 1. The highest BCUT2D eigenvalue weighted by atomic mass is 19.1. The molecule has 0 aliphatic heterocycles. The largest absolute Gasteiger partial charge is 0.383 e. The maximum Gasteiger partial charge on any atom is 0.254 e. The van der Waals surface area contributed by atoms with Gasteiger partial charge in [-0.2, -0.15) is 0 Å². The molecule has 22 heavy (non-hydrogen) atoms. The molecule has 1 saturated carbocycles. The summed E-state index contributed by atoms with van der Waals surface area (Å²) in [6.45, 7) is 0.0782. The van der Waals surface area contributed by atoms with E-state index in [1.165, 1.54) is 18.2 Å². The molecule has 114 valence electrons. The van der Waals surface area contributed by atoms with Gasteiger partial charge in [-0.15, -0.1) is 0 Å². The van der Waals surface area contributed by atoms with E-state index >= 15 is 0 Å². The van der Waals surface area contributed by atoms with E-state index in [4.69, 9.17) is 0 Å². The Bertz CT molecular complexity index is 670. The van der Waals surface area contributed by atoms with Crippen molar-refractivity contribution >= 4 is 5.91 Å². The first kappa shape index (κ1) is 14.7. The summed E-state index contributed by atoms with van der Waals surface area (Å²) in [6.07, 6.45) is 1.86. The molecule has 0 saturated heterocycles. The van der Waals surface area contributed by atoms with E-state index in [9.17, 15) is 14.3 Å². The minimum Gasteiger partial charge on any atom is -0.383 e. The predicted octanol–water partition coefficient (Wildman–Crippen LogP) is 2.85. The van der Waals surface area contributed by atoms with Crippen LogP contribution < -0.4 is 5.32 Å². The van der Waals surface area contributed by atoms with Crippen molar-refractivity contribution in [2.24, 2.45) is 5.92 Å². The van der Waals surface area contributed by atoms with Crippen LogP contribution in [0.5, 0.6) is 0 Å². The lowest BCUT2D eigenvalue weighted by Gasteiger charge is -2.29. The van der Waals surface area contributed by atoms with Crippen LogP contribution in [0.1, 0.15) is 28.8 Å². The Balaban J connectivity index is 1.76. The van der Waals surface area contributed by atoms with Gasteiger partial charge >= 0.3 is 0 Å². The Morgan fingerprint density at radius 2 is 1.77 bits per heavy atom. The Hall–Kier alpha value is -2.20. The SMILES string of the molecule is O=C(NCC(O)(c1ccccc1)C1CC1)c1ccccc1F. The number of carbonyl (C=O) groups excluding carboxylic acids is 1. The summed E-state index contributed by atoms with van der Waals surface area (Å²) < 4.78 is 13.6. The lowest BCUT2D eigenvalue weighted by atomic mass is 9.88. The molecule has 0 heterocycles. The molecule has 2 aromatic carbocycles. The number of rotatable bonds is 5. The number of carbonyl (C=O) groups is 1. The molecular formula is C18H18FNO2. The Morgan fingerprint density at radius 1 is 1.14 bits per heavy atom. The molecule has 1 amide bonds. The maximum absolute atomic E-state index is 13.6. The number of amides is 1. The molecule has 1 aliphatic carbocycles. The summed E-state index contributed by atoms with van der Waals surface area (Å²) in [6, 6.07) is 15.2. The molecule has 1 fully saturated rings. The zero-order valence-corrected chi connectivity index (χ0v) is 12.1. The smallest absolute Gasteiger partial charge is 0.254 e. The fourth-order valence-electron chi connectivity index (χ4n) is 2.73. The summed E-state index contributed by atoms with van der Waals surface area (Å²) in [7, 11) is 0. The van der Waals surface area contributed by atoms with Crippen molar-refractivity contribution in [3.8, 4) is 0 Å². The number of aliphatic hydroxyl groups is 1. The molecule has 0 radical (unpaired) electrons. The monoisotopic (exact) mass is 299 g/mol. The van der Waals surface area contributed by atoms with Crippen LogP contribution in [0.4, 0.5) is 4.39 Å². The normalized spacial score (nSPS) is 16.8. The maximum atomic E-state index is 13.6. The molecular weight excluding hydrogens is 281 g/mol. The standard InChI is InChI=1S/C18H18FNO2/c19-16-9-5-4-8-15(16)17(21)20-12-18(22,14-10-11-14)13-6-2-1-3-7-13/h1-9,14,22H,10-12H2,(H,20,21). The molecule has 1 aliphatic rings. The third-order valence-corrected chi connectivity index (χ3v) is 4.16. The number of hydrogen-bond donors (Lipinski definition) is 2. The van der Waals surface area contributed by atoms with E-state index < -0.39 is 17.3 Å². The van der Waals surface area contributed by atoms with E-state index in [-0.39, 0.29) is 18.0 Å². The first-order chi connectivity index (χ1) is 10.6. The minimum absolute atomic E-state index is 0.00583. The first-order valence-electron chi connectivity index (χ1n) is 7.42. The van der Waals surface area contributed by atoms with Crippen LogP contribution in [0, 0.1) is 11.7 Å². The first-order valence-corrected chi connectivity index (χ1v) is 7.42. The minimum atomic E-state index is -1.10. The highest BCUT2D eigenvalue weighted by Crippen LogP contribution is 2.45. The molecule has 2 aromatic rings. The van der Waals surface area contributed by atoms with Crippen molar-refractivity contribution in [1.82, 2.24) is 5.32 Å². The van der Waals surface area contributed by atoms with Gasteiger partial charge in [-0.05, 0) is 36.5 Å². The second-order valence-electron chi connectivity index (χ2n) is 5.73. The number of hydrogen-bond acceptors (Lipinski definition) is 2. The molecule has 0 aromatic heterocycles. The molecule has 3 rings (SSSR count). The van der Waals surface area contributed by atoms with Crippen LogP contribution in [0.2, 0.25) is 0 Å². The highest BCUT2D eigenvalue weighted by molar-refractivity contribution is 5.94. The zero-order chi connectivity index (χ0) is 15.6. The van der Waals surface area contributed by atoms with E-state index in [0.29, 0.717) is 0 Å². The van der Waals surface area contributed by atoms with Crippen molar-refractivity contribution in [3.05, 3.63) is 71.5 Å². The van der Waals surface area contributed by atoms with Crippen molar-refractivity contribution in [2.75, 3.05) is 6.54 Å². The van der Waals surface area contributed by atoms with E-state index in [1.54, 1.807) is 6.07 Å². The van der Waals surface area contributed by atoms with Gasteiger partial charge in [0.25, 0.3) is 5.91 Å². The fraction of sp³-hybridized carbons (Fsp3) is 0.278.